The minimum atomic E-state index is -0.165. The molecule has 102 valence electrons. The molecule has 0 amide bonds. The predicted molar refractivity (Wildman–Crippen MR) is 71.1 cm³/mol. The van der Waals surface area contributed by atoms with Gasteiger partial charge >= 0.3 is 0 Å². The standard InChI is InChI=1S/C13H18N4O2/c1-4-18-11(8(2)3)12-16-13(19-17-12)9-5-6-15-10(14)7-9/h5-8,11H,4H2,1-3H3,(H2,14,15). The first-order valence-corrected chi connectivity index (χ1v) is 6.29. The summed E-state index contributed by atoms with van der Waals surface area (Å²) >= 11 is 0. The fourth-order valence-electron chi connectivity index (χ4n) is 1.79. The molecule has 0 radical (unpaired) electrons. The summed E-state index contributed by atoms with van der Waals surface area (Å²) in [5, 5.41) is 3.99. The lowest BCUT2D eigenvalue weighted by molar-refractivity contribution is 0.0217. The smallest absolute Gasteiger partial charge is 0.258 e. The quantitative estimate of drug-likeness (QED) is 0.890. The Morgan fingerprint density at radius 1 is 1.42 bits per heavy atom. The van der Waals surface area contributed by atoms with Gasteiger partial charge in [-0.3, -0.25) is 0 Å². The van der Waals surface area contributed by atoms with E-state index < -0.39 is 0 Å². The number of anilines is 1. The van der Waals surface area contributed by atoms with Crippen molar-refractivity contribution >= 4 is 5.82 Å². The van der Waals surface area contributed by atoms with E-state index in [0.717, 1.165) is 5.56 Å². The summed E-state index contributed by atoms with van der Waals surface area (Å²) in [4.78, 5) is 8.30. The fraction of sp³-hybridized carbons (Fsp3) is 0.462. The highest BCUT2D eigenvalue weighted by Crippen LogP contribution is 2.26. The fourth-order valence-corrected chi connectivity index (χ4v) is 1.79. The van der Waals surface area contributed by atoms with Crippen LogP contribution in [-0.4, -0.2) is 21.7 Å². The number of nitrogens with two attached hydrogens (primary N) is 1. The Balaban J connectivity index is 2.27. The SMILES string of the molecule is CCOC(c1noc(-c2ccnc(N)c2)n1)C(C)C. The van der Waals surface area contributed by atoms with Gasteiger partial charge < -0.3 is 15.0 Å². The van der Waals surface area contributed by atoms with Crippen molar-refractivity contribution in [3.63, 3.8) is 0 Å². The van der Waals surface area contributed by atoms with Crippen molar-refractivity contribution in [2.24, 2.45) is 5.92 Å². The second-order valence-electron chi connectivity index (χ2n) is 4.55. The topological polar surface area (TPSA) is 87.1 Å². The molecule has 0 saturated carbocycles. The third kappa shape index (κ3) is 3.08. The van der Waals surface area contributed by atoms with Crippen molar-refractivity contribution < 1.29 is 9.26 Å². The van der Waals surface area contributed by atoms with Crippen LogP contribution in [0.25, 0.3) is 11.5 Å². The third-order valence-electron chi connectivity index (χ3n) is 2.68. The molecule has 0 saturated heterocycles. The van der Waals surface area contributed by atoms with Crippen LogP contribution in [0.2, 0.25) is 0 Å². The Morgan fingerprint density at radius 2 is 2.21 bits per heavy atom. The second kappa shape index (κ2) is 5.79. The molecule has 2 aromatic heterocycles. The molecule has 2 heterocycles. The average Bonchev–Trinajstić information content (AvgIpc) is 2.84. The number of aromatic nitrogens is 3. The first kappa shape index (κ1) is 13.5. The number of nitrogen functional groups attached to an aromatic ring is 1. The number of ether oxygens (including phenoxy) is 1. The van der Waals surface area contributed by atoms with Gasteiger partial charge in [0.2, 0.25) is 5.82 Å². The minimum Gasteiger partial charge on any atom is -0.384 e. The molecular weight excluding hydrogens is 244 g/mol. The molecule has 0 spiro atoms. The molecule has 0 aliphatic heterocycles. The normalized spacial score (nSPS) is 12.8. The maximum Gasteiger partial charge on any atom is 0.258 e. The highest BCUT2D eigenvalue weighted by Gasteiger charge is 2.22. The average molecular weight is 262 g/mol. The maximum absolute atomic E-state index is 5.64. The van der Waals surface area contributed by atoms with Crippen molar-refractivity contribution in [3.05, 3.63) is 24.2 Å². The molecule has 6 heteroatoms. The van der Waals surface area contributed by atoms with Crippen molar-refractivity contribution in [2.75, 3.05) is 12.3 Å². The van der Waals surface area contributed by atoms with Gasteiger partial charge in [0.05, 0.1) is 0 Å². The molecule has 6 nitrogen and oxygen atoms in total. The summed E-state index contributed by atoms with van der Waals surface area (Å²) < 4.78 is 10.9. The van der Waals surface area contributed by atoms with Crippen molar-refractivity contribution in [1.29, 1.82) is 0 Å². The van der Waals surface area contributed by atoms with E-state index in [2.05, 4.69) is 29.0 Å². The molecule has 0 aliphatic rings. The first-order chi connectivity index (χ1) is 9.11. The Hall–Kier alpha value is -1.95. The maximum atomic E-state index is 5.64. The van der Waals surface area contributed by atoms with E-state index in [4.69, 9.17) is 15.0 Å². The highest BCUT2D eigenvalue weighted by atomic mass is 16.5. The Morgan fingerprint density at radius 3 is 2.84 bits per heavy atom. The second-order valence-corrected chi connectivity index (χ2v) is 4.55. The number of pyridine rings is 1. The molecule has 0 aromatic carbocycles. The molecule has 0 aliphatic carbocycles. The number of nitrogens with zero attached hydrogens (tertiary/aromatic N) is 3. The lowest BCUT2D eigenvalue weighted by Gasteiger charge is -2.16. The molecule has 0 fully saturated rings. The van der Waals surface area contributed by atoms with Gasteiger partial charge in [0.25, 0.3) is 5.89 Å². The summed E-state index contributed by atoms with van der Waals surface area (Å²) in [7, 11) is 0. The number of hydrogen-bond acceptors (Lipinski definition) is 6. The van der Waals surface area contributed by atoms with Crippen LogP contribution < -0.4 is 5.73 Å². The summed E-state index contributed by atoms with van der Waals surface area (Å²) in [6, 6.07) is 3.47. The van der Waals surface area contributed by atoms with Crippen LogP contribution in [0.15, 0.2) is 22.9 Å². The van der Waals surface area contributed by atoms with Gasteiger partial charge in [0.1, 0.15) is 11.9 Å². The first-order valence-electron chi connectivity index (χ1n) is 6.29. The van der Waals surface area contributed by atoms with Gasteiger partial charge in [0.15, 0.2) is 0 Å². The lowest BCUT2D eigenvalue weighted by Crippen LogP contribution is -2.12. The van der Waals surface area contributed by atoms with Gasteiger partial charge in [-0.1, -0.05) is 19.0 Å². The summed E-state index contributed by atoms with van der Waals surface area (Å²) in [6.07, 6.45) is 1.44. The summed E-state index contributed by atoms with van der Waals surface area (Å²) in [6.45, 7) is 6.66. The van der Waals surface area contributed by atoms with Gasteiger partial charge in [-0.2, -0.15) is 4.98 Å². The summed E-state index contributed by atoms with van der Waals surface area (Å²) in [5.74, 6) is 1.67. The largest absolute Gasteiger partial charge is 0.384 e. The van der Waals surface area contributed by atoms with Crippen LogP contribution in [0.5, 0.6) is 0 Å². The van der Waals surface area contributed by atoms with E-state index in [0.29, 0.717) is 24.1 Å². The van der Waals surface area contributed by atoms with Crippen LogP contribution >= 0.6 is 0 Å². The van der Waals surface area contributed by atoms with E-state index in [-0.39, 0.29) is 12.0 Å². The van der Waals surface area contributed by atoms with Gasteiger partial charge in [0, 0.05) is 18.4 Å². The van der Waals surface area contributed by atoms with Crippen LogP contribution in [0.3, 0.4) is 0 Å². The molecular formula is C13H18N4O2. The Bertz CT molecular complexity index is 539. The van der Waals surface area contributed by atoms with Crippen LogP contribution in [-0.2, 0) is 4.74 Å². The molecule has 19 heavy (non-hydrogen) atoms. The van der Waals surface area contributed by atoms with E-state index in [1.54, 1.807) is 18.3 Å². The summed E-state index contributed by atoms with van der Waals surface area (Å²) in [5.41, 5.74) is 6.39. The van der Waals surface area contributed by atoms with Gasteiger partial charge in [-0.15, -0.1) is 0 Å². The molecule has 2 N–H and O–H groups in total. The zero-order valence-electron chi connectivity index (χ0n) is 11.3. The molecule has 0 bridgehead atoms. The van der Waals surface area contributed by atoms with E-state index >= 15 is 0 Å². The van der Waals surface area contributed by atoms with Crippen LogP contribution in [0, 0.1) is 5.92 Å². The number of rotatable bonds is 5. The van der Waals surface area contributed by atoms with Crippen molar-refractivity contribution in [2.45, 2.75) is 26.9 Å². The lowest BCUT2D eigenvalue weighted by atomic mass is 10.1. The molecule has 1 unspecified atom stereocenters. The third-order valence-corrected chi connectivity index (χ3v) is 2.68. The van der Waals surface area contributed by atoms with Gasteiger partial charge in [-0.25, -0.2) is 4.98 Å². The van der Waals surface area contributed by atoms with Crippen LogP contribution in [0.1, 0.15) is 32.7 Å². The van der Waals surface area contributed by atoms with E-state index in [9.17, 15) is 0 Å². The monoisotopic (exact) mass is 262 g/mol. The van der Waals surface area contributed by atoms with E-state index in [1.807, 2.05) is 6.92 Å². The Labute approximate surface area is 112 Å². The van der Waals surface area contributed by atoms with Crippen molar-refractivity contribution in [1.82, 2.24) is 15.1 Å². The van der Waals surface area contributed by atoms with Crippen molar-refractivity contribution in [3.8, 4) is 11.5 Å². The van der Waals surface area contributed by atoms with Crippen LogP contribution in [0.4, 0.5) is 5.82 Å². The zero-order chi connectivity index (χ0) is 13.8. The molecule has 1 atom stereocenters. The molecule has 2 aromatic rings. The van der Waals surface area contributed by atoms with Gasteiger partial charge in [-0.05, 0) is 25.0 Å². The molecule has 2 rings (SSSR count). The minimum absolute atomic E-state index is 0.165. The predicted octanol–water partition coefficient (Wildman–Crippen LogP) is 2.45. The van der Waals surface area contributed by atoms with E-state index in [1.165, 1.54) is 0 Å². The zero-order valence-corrected chi connectivity index (χ0v) is 11.3. The highest BCUT2D eigenvalue weighted by molar-refractivity contribution is 5.56. The number of hydrogen-bond donors (Lipinski definition) is 1. The Kier molecular flexibility index (Phi) is 4.11.